The third-order valence-electron chi connectivity index (χ3n) is 3.06. The molecule has 1 aromatic carbocycles. The highest BCUT2D eigenvalue weighted by Gasteiger charge is 2.53. The van der Waals surface area contributed by atoms with E-state index in [4.69, 9.17) is 11.6 Å². The SMILES string of the molecule is O=C(Nc1ccccc1Cl)C1(n2cnnn2)CC1. The first kappa shape index (κ1) is 11.2. The molecule has 1 aromatic heterocycles. The van der Waals surface area contributed by atoms with Crippen LogP contribution in [-0.2, 0) is 10.3 Å². The van der Waals surface area contributed by atoms with Gasteiger partial charge in [-0.05, 0) is 35.4 Å². The van der Waals surface area contributed by atoms with Crippen LogP contribution in [0, 0.1) is 0 Å². The maximum Gasteiger partial charge on any atom is 0.252 e. The van der Waals surface area contributed by atoms with E-state index in [0.29, 0.717) is 10.7 Å². The molecule has 3 rings (SSSR count). The van der Waals surface area contributed by atoms with Crippen molar-refractivity contribution in [2.45, 2.75) is 18.4 Å². The molecule has 1 heterocycles. The predicted molar refractivity (Wildman–Crippen MR) is 65.1 cm³/mol. The zero-order valence-electron chi connectivity index (χ0n) is 9.38. The minimum atomic E-state index is -0.650. The molecule has 1 amide bonds. The van der Waals surface area contributed by atoms with Gasteiger partial charge in [0.1, 0.15) is 11.9 Å². The van der Waals surface area contributed by atoms with E-state index < -0.39 is 5.54 Å². The van der Waals surface area contributed by atoms with Gasteiger partial charge in [-0.25, -0.2) is 4.68 Å². The number of amides is 1. The van der Waals surface area contributed by atoms with Crippen molar-refractivity contribution in [2.24, 2.45) is 0 Å². The lowest BCUT2D eigenvalue weighted by Gasteiger charge is -2.15. The molecular formula is C11H10ClN5O. The molecule has 1 aliphatic carbocycles. The molecule has 0 saturated heterocycles. The zero-order valence-corrected chi connectivity index (χ0v) is 10.1. The molecule has 1 aliphatic rings. The van der Waals surface area contributed by atoms with E-state index in [1.165, 1.54) is 11.0 Å². The van der Waals surface area contributed by atoms with Gasteiger partial charge in [0.25, 0.3) is 5.91 Å². The van der Waals surface area contributed by atoms with Crippen molar-refractivity contribution in [1.82, 2.24) is 20.2 Å². The van der Waals surface area contributed by atoms with Crippen molar-refractivity contribution in [3.8, 4) is 0 Å². The summed E-state index contributed by atoms with van der Waals surface area (Å²) in [6, 6.07) is 7.12. The number of aromatic nitrogens is 4. The number of nitrogens with zero attached hydrogens (tertiary/aromatic N) is 4. The second-order valence-corrected chi connectivity index (χ2v) is 4.63. The number of para-hydroxylation sites is 1. The lowest BCUT2D eigenvalue weighted by atomic mass is 10.2. The normalized spacial score (nSPS) is 16.3. The molecule has 0 aliphatic heterocycles. The summed E-state index contributed by atoms with van der Waals surface area (Å²) in [6.07, 6.45) is 2.92. The first-order chi connectivity index (χ1) is 8.72. The minimum Gasteiger partial charge on any atom is -0.323 e. The molecule has 0 spiro atoms. The Hall–Kier alpha value is -1.95. The van der Waals surface area contributed by atoms with Crippen LogP contribution in [0.1, 0.15) is 12.8 Å². The Bertz CT molecular complexity index is 579. The van der Waals surface area contributed by atoms with E-state index >= 15 is 0 Å². The molecule has 0 radical (unpaired) electrons. The number of tetrazole rings is 1. The molecule has 7 heteroatoms. The summed E-state index contributed by atoms with van der Waals surface area (Å²) in [5.74, 6) is -0.136. The summed E-state index contributed by atoms with van der Waals surface area (Å²) in [6.45, 7) is 0. The molecule has 18 heavy (non-hydrogen) atoms. The summed E-state index contributed by atoms with van der Waals surface area (Å²) >= 11 is 6.00. The molecule has 1 fully saturated rings. The van der Waals surface area contributed by atoms with E-state index in [2.05, 4.69) is 20.8 Å². The Morgan fingerprint density at radius 2 is 2.17 bits per heavy atom. The lowest BCUT2D eigenvalue weighted by Crippen LogP contribution is -2.34. The molecular weight excluding hydrogens is 254 g/mol. The molecule has 0 bridgehead atoms. The summed E-state index contributed by atoms with van der Waals surface area (Å²) in [5.41, 5.74) is -0.0497. The van der Waals surface area contributed by atoms with Crippen LogP contribution < -0.4 is 5.32 Å². The lowest BCUT2D eigenvalue weighted by molar-refractivity contribution is -0.120. The highest BCUT2D eigenvalue weighted by molar-refractivity contribution is 6.33. The zero-order chi connectivity index (χ0) is 12.6. The van der Waals surface area contributed by atoms with Gasteiger partial charge >= 0.3 is 0 Å². The van der Waals surface area contributed by atoms with Crippen molar-refractivity contribution < 1.29 is 4.79 Å². The van der Waals surface area contributed by atoms with Gasteiger partial charge in [-0.1, -0.05) is 23.7 Å². The van der Waals surface area contributed by atoms with Crippen molar-refractivity contribution in [3.63, 3.8) is 0 Å². The highest BCUT2D eigenvalue weighted by atomic mass is 35.5. The van der Waals surface area contributed by atoms with Gasteiger partial charge in [-0.2, -0.15) is 0 Å². The summed E-state index contributed by atoms with van der Waals surface area (Å²) in [4.78, 5) is 12.3. The highest BCUT2D eigenvalue weighted by Crippen LogP contribution is 2.43. The van der Waals surface area contributed by atoms with E-state index in [1.54, 1.807) is 12.1 Å². The number of anilines is 1. The summed E-state index contributed by atoms with van der Waals surface area (Å²) in [5, 5.41) is 14.2. The topological polar surface area (TPSA) is 72.7 Å². The Labute approximate surface area is 108 Å². The number of carbonyl (C=O) groups excluding carboxylic acids is 1. The standard InChI is InChI=1S/C11H10ClN5O/c12-8-3-1-2-4-9(8)14-10(18)11(5-6-11)17-7-13-15-16-17/h1-4,7H,5-6H2,(H,14,18). The maximum atomic E-state index is 12.3. The second-order valence-electron chi connectivity index (χ2n) is 4.22. The second kappa shape index (κ2) is 4.06. The number of hydrogen-bond acceptors (Lipinski definition) is 4. The first-order valence-corrected chi connectivity index (χ1v) is 5.90. The number of halogens is 1. The van der Waals surface area contributed by atoms with Gasteiger partial charge in [0.15, 0.2) is 0 Å². The number of rotatable bonds is 3. The fraction of sp³-hybridized carbons (Fsp3) is 0.273. The Morgan fingerprint density at radius 3 is 2.78 bits per heavy atom. The number of carbonyl (C=O) groups is 1. The van der Waals surface area contributed by atoms with Crippen LogP contribution >= 0.6 is 11.6 Å². The molecule has 0 atom stereocenters. The van der Waals surface area contributed by atoms with Crippen LogP contribution in [0.25, 0.3) is 0 Å². The molecule has 1 N–H and O–H groups in total. The average Bonchev–Trinajstić information content (AvgIpc) is 3.00. The first-order valence-electron chi connectivity index (χ1n) is 5.52. The van der Waals surface area contributed by atoms with Crippen molar-refractivity contribution in [2.75, 3.05) is 5.32 Å². The fourth-order valence-electron chi connectivity index (χ4n) is 1.84. The van der Waals surface area contributed by atoms with Gasteiger partial charge < -0.3 is 5.32 Å². The predicted octanol–water partition coefficient (Wildman–Crippen LogP) is 1.45. The Morgan fingerprint density at radius 1 is 1.39 bits per heavy atom. The van der Waals surface area contributed by atoms with Gasteiger partial charge in [0, 0.05) is 0 Å². The van der Waals surface area contributed by atoms with Crippen LogP contribution in [-0.4, -0.2) is 26.1 Å². The van der Waals surface area contributed by atoms with E-state index in [1.807, 2.05) is 12.1 Å². The van der Waals surface area contributed by atoms with Crippen molar-refractivity contribution >= 4 is 23.2 Å². The van der Waals surface area contributed by atoms with Gasteiger partial charge in [0.05, 0.1) is 10.7 Å². The van der Waals surface area contributed by atoms with Crippen LogP contribution in [0.2, 0.25) is 5.02 Å². The van der Waals surface area contributed by atoms with E-state index in [-0.39, 0.29) is 5.91 Å². The molecule has 1 saturated carbocycles. The van der Waals surface area contributed by atoms with Crippen LogP contribution in [0.5, 0.6) is 0 Å². The van der Waals surface area contributed by atoms with Crippen molar-refractivity contribution in [3.05, 3.63) is 35.6 Å². The van der Waals surface area contributed by atoms with Crippen LogP contribution in [0.15, 0.2) is 30.6 Å². The Kier molecular flexibility index (Phi) is 2.52. The fourth-order valence-corrected chi connectivity index (χ4v) is 2.02. The number of hydrogen-bond donors (Lipinski definition) is 1. The van der Waals surface area contributed by atoms with Gasteiger partial charge in [0.2, 0.25) is 0 Å². The Balaban J connectivity index is 1.83. The van der Waals surface area contributed by atoms with E-state index in [0.717, 1.165) is 12.8 Å². The minimum absolute atomic E-state index is 0.136. The van der Waals surface area contributed by atoms with E-state index in [9.17, 15) is 4.79 Å². The van der Waals surface area contributed by atoms with Crippen LogP contribution in [0.4, 0.5) is 5.69 Å². The quantitative estimate of drug-likeness (QED) is 0.910. The van der Waals surface area contributed by atoms with Gasteiger partial charge in [-0.15, -0.1) is 5.10 Å². The van der Waals surface area contributed by atoms with Gasteiger partial charge in [-0.3, -0.25) is 4.79 Å². The number of benzene rings is 1. The molecule has 0 unspecified atom stereocenters. The maximum absolute atomic E-state index is 12.3. The molecule has 6 nitrogen and oxygen atoms in total. The smallest absolute Gasteiger partial charge is 0.252 e. The third-order valence-corrected chi connectivity index (χ3v) is 3.39. The molecule has 92 valence electrons. The van der Waals surface area contributed by atoms with Crippen LogP contribution in [0.3, 0.4) is 0 Å². The third kappa shape index (κ3) is 1.74. The number of nitrogens with one attached hydrogen (secondary N) is 1. The average molecular weight is 264 g/mol. The molecule has 2 aromatic rings. The van der Waals surface area contributed by atoms with Crippen molar-refractivity contribution in [1.29, 1.82) is 0 Å². The monoisotopic (exact) mass is 263 g/mol. The summed E-state index contributed by atoms with van der Waals surface area (Å²) in [7, 11) is 0. The largest absolute Gasteiger partial charge is 0.323 e. The summed E-state index contributed by atoms with van der Waals surface area (Å²) < 4.78 is 1.50.